The molecule has 3 amide bonds. The first-order chi connectivity index (χ1) is 11.0. The fourth-order valence-corrected chi connectivity index (χ4v) is 2.16. The SMILES string of the molecule is CCCNC(=O)c1c(NC(=O)Nc2cccc(Cl)c2)cnn1C. The number of halogens is 1. The van der Waals surface area contributed by atoms with Crippen molar-refractivity contribution in [3.63, 3.8) is 0 Å². The lowest BCUT2D eigenvalue weighted by Crippen LogP contribution is -2.28. The number of hydrogen-bond donors (Lipinski definition) is 3. The molecule has 0 spiro atoms. The van der Waals surface area contributed by atoms with Gasteiger partial charge in [-0.15, -0.1) is 0 Å². The van der Waals surface area contributed by atoms with Crippen LogP contribution < -0.4 is 16.0 Å². The molecule has 0 saturated heterocycles. The number of nitrogens with zero attached hydrogens (tertiary/aromatic N) is 2. The third-order valence-corrected chi connectivity index (χ3v) is 3.26. The fraction of sp³-hybridized carbons (Fsp3) is 0.267. The first kappa shape index (κ1) is 16.8. The Kier molecular flexibility index (Phi) is 5.59. The van der Waals surface area contributed by atoms with Gasteiger partial charge in [0.2, 0.25) is 0 Å². The van der Waals surface area contributed by atoms with Crippen LogP contribution >= 0.6 is 11.6 Å². The Morgan fingerprint density at radius 1 is 1.30 bits per heavy atom. The van der Waals surface area contributed by atoms with Crippen LogP contribution in [0.2, 0.25) is 5.02 Å². The highest BCUT2D eigenvalue weighted by Gasteiger charge is 2.18. The highest BCUT2D eigenvalue weighted by molar-refractivity contribution is 6.30. The number of hydrogen-bond acceptors (Lipinski definition) is 3. The van der Waals surface area contributed by atoms with Crippen molar-refractivity contribution < 1.29 is 9.59 Å². The Balaban J connectivity index is 2.08. The van der Waals surface area contributed by atoms with E-state index < -0.39 is 6.03 Å². The number of urea groups is 1. The molecule has 1 heterocycles. The Labute approximate surface area is 139 Å². The van der Waals surface area contributed by atoms with E-state index >= 15 is 0 Å². The van der Waals surface area contributed by atoms with E-state index in [0.29, 0.717) is 28.6 Å². The van der Waals surface area contributed by atoms with Crippen molar-refractivity contribution >= 4 is 34.9 Å². The second-order valence-electron chi connectivity index (χ2n) is 4.88. The van der Waals surface area contributed by atoms with Crippen molar-refractivity contribution in [2.24, 2.45) is 7.05 Å². The van der Waals surface area contributed by atoms with Gasteiger partial charge in [-0.2, -0.15) is 5.10 Å². The molecule has 1 aromatic heterocycles. The number of carbonyl (C=O) groups excluding carboxylic acids is 2. The van der Waals surface area contributed by atoms with Crippen LogP contribution in [0.5, 0.6) is 0 Å². The molecule has 0 saturated carbocycles. The smallest absolute Gasteiger partial charge is 0.323 e. The van der Waals surface area contributed by atoms with E-state index in [9.17, 15) is 9.59 Å². The monoisotopic (exact) mass is 335 g/mol. The predicted molar refractivity (Wildman–Crippen MR) is 89.9 cm³/mol. The average molecular weight is 336 g/mol. The van der Waals surface area contributed by atoms with Gasteiger partial charge in [-0.1, -0.05) is 24.6 Å². The van der Waals surface area contributed by atoms with E-state index in [1.165, 1.54) is 10.9 Å². The van der Waals surface area contributed by atoms with E-state index in [1.807, 2.05) is 6.92 Å². The standard InChI is InChI=1S/C15H18ClN5O2/c1-3-7-17-14(22)13-12(9-18-21(13)2)20-15(23)19-11-6-4-5-10(16)8-11/h4-6,8-9H,3,7H2,1-2H3,(H,17,22)(H2,19,20,23). The van der Waals surface area contributed by atoms with Gasteiger partial charge in [0.15, 0.2) is 0 Å². The minimum Gasteiger partial charge on any atom is -0.351 e. The van der Waals surface area contributed by atoms with E-state index in [-0.39, 0.29) is 5.91 Å². The summed E-state index contributed by atoms with van der Waals surface area (Å²) < 4.78 is 1.42. The molecule has 0 unspecified atom stereocenters. The van der Waals surface area contributed by atoms with E-state index in [0.717, 1.165) is 6.42 Å². The Morgan fingerprint density at radius 3 is 2.78 bits per heavy atom. The fourth-order valence-electron chi connectivity index (χ4n) is 1.97. The Hall–Kier alpha value is -2.54. The Morgan fingerprint density at radius 2 is 2.09 bits per heavy atom. The largest absolute Gasteiger partial charge is 0.351 e. The van der Waals surface area contributed by atoms with Crippen molar-refractivity contribution in [3.8, 4) is 0 Å². The molecule has 1 aromatic carbocycles. The maximum Gasteiger partial charge on any atom is 0.323 e. The molecular weight excluding hydrogens is 318 g/mol. The molecule has 0 bridgehead atoms. The van der Waals surface area contributed by atoms with Gasteiger partial charge in [-0.25, -0.2) is 4.79 Å². The van der Waals surface area contributed by atoms with Gasteiger partial charge in [0, 0.05) is 24.3 Å². The molecule has 2 aromatic rings. The highest BCUT2D eigenvalue weighted by Crippen LogP contribution is 2.17. The normalized spacial score (nSPS) is 10.2. The van der Waals surface area contributed by atoms with Crippen molar-refractivity contribution in [1.82, 2.24) is 15.1 Å². The summed E-state index contributed by atoms with van der Waals surface area (Å²) in [6.07, 6.45) is 2.25. The molecule has 0 aliphatic heterocycles. The first-order valence-electron chi connectivity index (χ1n) is 7.15. The van der Waals surface area contributed by atoms with Crippen LogP contribution in [0, 0.1) is 0 Å². The van der Waals surface area contributed by atoms with E-state index in [1.54, 1.807) is 31.3 Å². The lowest BCUT2D eigenvalue weighted by molar-refractivity contribution is 0.0945. The van der Waals surface area contributed by atoms with Gasteiger partial charge in [0.25, 0.3) is 5.91 Å². The van der Waals surface area contributed by atoms with E-state index in [2.05, 4.69) is 21.0 Å². The zero-order chi connectivity index (χ0) is 16.8. The van der Waals surface area contributed by atoms with Crippen LogP contribution in [0.3, 0.4) is 0 Å². The van der Waals surface area contributed by atoms with Gasteiger partial charge in [0.05, 0.1) is 11.9 Å². The second kappa shape index (κ2) is 7.64. The average Bonchev–Trinajstić information content (AvgIpc) is 2.85. The van der Waals surface area contributed by atoms with Gasteiger partial charge < -0.3 is 16.0 Å². The number of rotatable bonds is 5. The summed E-state index contributed by atoms with van der Waals surface area (Å²) in [6.45, 7) is 2.51. The van der Waals surface area contributed by atoms with Crippen LogP contribution in [-0.2, 0) is 7.05 Å². The van der Waals surface area contributed by atoms with Crippen molar-refractivity contribution in [1.29, 1.82) is 0 Å². The summed E-state index contributed by atoms with van der Waals surface area (Å²) in [7, 11) is 1.64. The molecule has 0 radical (unpaired) electrons. The predicted octanol–water partition coefficient (Wildman–Crippen LogP) is 2.86. The summed E-state index contributed by atoms with van der Waals surface area (Å²) in [5.41, 5.74) is 1.18. The second-order valence-corrected chi connectivity index (χ2v) is 5.31. The summed E-state index contributed by atoms with van der Waals surface area (Å²) in [5.74, 6) is -0.287. The molecule has 0 aliphatic rings. The highest BCUT2D eigenvalue weighted by atomic mass is 35.5. The van der Waals surface area contributed by atoms with Crippen molar-refractivity contribution in [2.45, 2.75) is 13.3 Å². The molecular formula is C15H18ClN5O2. The first-order valence-corrected chi connectivity index (χ1v) is 7.52. The van der Waals surface area contributed by atoms with Crippen LogP contribution in [0.25, 0.3) is 0 Å². The molecule has 3 N–H and O–H groups in total. The maximum absolute atomic E-state index is 12.1. The van der Waals surface area contributed by atoms with Crippen LogP contribution in [0.1, 0.15) is 23.8 Å². The van der Waals surface area contributed by atoms with Gasteiger partial charge in [0.1, 0.15) is 5.69 Å². The summed E-state index contributed by atoms with van der Waals surface area (Å²) in [4.78, 5) is 24.2. The van der Waals surface area contributed by atoms with Gasteiger partial charge in [-0.05, 0) is 24.6 Å². The molecule has 2 rings (SSSR count). The lowest BCUT2D eigenvalue weighted by atomic mass is 10.3. The number of nitrogens with one attached hydrogen (secondary N) is 3. The number of anilines is 2. The third-order valence-electron chi connectivity index (χ3n) is 3.02. The van der Waals surface area contributed by atoms with Crippen LogP contribution in [0.4, 0.5) is 16.2 Å². The van der Waals surface area contributed by atoms with E-state index in [4.69, 9.17) is 11.6 Å². The summed E-state index contributed by atoms with van der Waals surface area (Å²) in [5, 5.41) is 12.6. The number of aryl methyl sites for hydroxylation is 1. The molecule has 0 fully saturated rings. The van der Waals surface area contributed by atoms with Gasteiger partial charge in [-0.3, -0.25) is 9.48 Å². The number of amides is 3. The molecule has 7 nitrogen and oxygen atoms in total. The molecule has 0 atom stereocenters. The lowest BCUT2D eigenvalue weighted by Gasteiger charge is -2.09. The summed E-state index contributed by atoms with van der Waals surface area (Å²) in [6, 6.07) is 6.29. The quantitative estimate of drug-likeness (QED) is 0.785. The maximum atomic E-state index is 12.1. The van der Waals surface area contributed by atoms with Crippen molar-refractivity contribution in [3.05, 3.63) is 41.2 Å². The van der Waals surface area contributed by atoms with Crippen molar-refractivity contribution in [2.75, 3.05) is 17.2 Å². The minimum atomic E-state index is -0.482. The number of benzene rings is 1. The Bertz CT molecular complexity index is 714. The third kappa shape index (κ3) is 4.46. The molecule has 23 heavy (non-hydrogen) atoms. The molecule has 8 heteroatoms. The zero-order valence-electron chi connectivity index (χ0n) is 12.9. The zero-order valence-corrected chi connectivity index (χ0v) is 13.6. The van der Waals surface area contributed by atoms with Crippen LogP contribution in [0.15, 0.2) is 30.5 Å². The molecule has 122 valence electrons. The number of carbonyl (C=O) groups is 2. The molecule has 0 aliphatic carbocycles. The van der Waals surface area contributed by atoms with Crippen LogP contribution in [-0.4, -0.2) is 28.3 Å². The van der Waals surface area contributed by atoms with Gasteiger partial charge >= 0.3 is 6.03 Å². The number of aromatic nitrogens is 2. The summed E-state index contributed by atoms with van der Waals surface area (Å²) >= 11 is 5.87. The topological polar surface area (TPSA) is 88.1 Å². The minimum absolute atomic E-state index is 0.287.